The standard InChI is InChI=1S/C16H18N2O4S/c1-2-22-14-6-4-3-5-12(14)18-16(21)15(20)17-9-13(19)11-7-8-23-10-11/h3-8,10,13,19H,2,9H2,1H3,(H,17,20)(H,18,21). The van der Waals surface area contributed by atoms with Crippen LogP contribution in [-0.2, 0) is 9.59 Å². The predicted molar refractivity (Wildman–Crippen MR) is 88.5 cm³/mol. The molecule has 7 heteroatoms. The maximum Gasteiger partial charge on any atom is 0.313 e. The number of ether oxygens (including phenoxy) is 1. The van der Waals surface area contributed by atoms with Gasteiger partial charge in [0.1, 0.15) is 5.75 Å². The Bertz CT molecular complexity index is 658. The Morgan fingerprint density at radius 1 is 1.26 bits per heavy atom. The molecule has 0 saturated carbocycles. The highest BCUT2D eigenvalue weighted by atomic mass is 32.1. The average molecular weight is 334 g/mol. The average Bonchev–Trinajstić information content (AvgIpc) is 3.09. The van der Waals surface area contributed by atoms with Gasteiger partial charge >= 0.3 is 11.8 Å². The lowest BCUT2D eigenvalue weighted by molar-refractivity contribution is -0.136. The monoisotopic (exact) mass is 334 g/mol. The molecular weight excluding hydrogens is 316 g/mol. The van der Waals surface area contributed by atoms with Gasteiger partial charge in [-0.05, 0) is 41.4 Å². The summed E-state index contributed by atoms with van der Waals surface area (Å²) < 4.78 is 5.38. The van der Waals surface area contributed by atoms with Crippen molar-refractivity contribution in [1.29, 1.82) is 0 Å². The molecular formula is C16H18N2O4S. The van der Waals surface area contributed by atoms with Crippen LogP contribution in [-0.4, -0.2) is 30.1 Å². The molecule has 0 aliphatic carbocycles. The zero-order valence-electron chi connectivity index (χ0n) is 12.6. The van der Waals surface area contributed by atoms with E-state index in [9.17, 15) is 14.7 Å². The summed E-state index contributed by atoms with van der Waals surface area (Å²) in [5, 5.41) is 18.4. The third kappa shape index (κ3) is 4.80. The van der Waals surface area contributed by atoms with Crippen LogP contribution in [0.25, 0.3) is 0 Å². The summed E-state index contributed by atoms with van der Waals surface area (Å²) in [4.78, 5) is 23.7. The van der Waals surface area contributed by atoms with Crippen LogP contribution >= 0.6 is 11.3 Å². The van der Waals surface area contributed by atoms with E-state index in [0.717, 1.165) is 0 Å². The van der Waals surface area contributed by atoms with Crippen LogP contribution in [0.15, 0.2) is 41.1 Å². The zero-order valence-corrected chi connectivity index (χ0v) is 13.4. The van der Waals surface area contributed by atoms with E-state index >= 15 is 0 Å². The molecule has 122 valence electrons. The Balaban J connectivity index is 1.89. The summed E-state index contributed by atoms with van der Waals surface area (Å²) in [6.07, 6.45) is -0.839. The van der Waals surface area contributed by atoms with E-state index in [-0.39, 0.29) is 6.54 Å². The number of para-hydroxylation sites is 2. The molecule has 0 bridgehead atoms. The molecule has 2 aromatic rings. The van der Waals surface area contributed by atoms with Crippen molar-refractivity contribution < 1.29 is 19.4 Å². The second kappa shape index (κ2) is 8.30. The highest BCUT2D eigenvalue weighted by molar-refractivity contribution is 7.07. The molecule has 1 aromatic heterocycles. The fourth-order valence-electron chi connectivity index (χ4n) is 1.88. The number of aliphatic hydroxyl groups is 1. The third-order valence-electron chi connectivity index (χ3n) is 3.03. The number of amides is 2. The molecule has 1 unspecified atom stereocenters. The molecule has 0 aliphatic rings. The van der Waals surface area contributed by atoms with Gasteiger partial charge in [0.2, 0.25) is 0 Å². The van der Waals surface area contributed by atoms with Crippen molar-refractivity contribution in [3.05, 3.63) is 46.7 Å². The van der Waals surface area contributed by atoms with Gasteiger partial charge in [0.15, 0.2) is 0 Å². The molecule has 2 amide bonds. The second-order valence-corrected chi connectivity index (χ2v) is 5.45. The molecule has 23 heavy (non-hydrogen) atoms. The Kier molecular flexibility index (Phi) is 6.13. The second-order valence-electron chi connectivity index (χ2n) is 4.67. The number of benzene rings is 1. The van der Waals surface area contributed by atoms with Crippen molar-refractivity contribution in [2.24, 2.45) is 0 Å². The summed E-state index contributed by atoms with van der Waals surface area (Å²) in [6.45, 7) is 2.25. The first-order valence-electron chi connectivity index (χ1n) is 7.13. The fraction of sp³-hybridized carbons (Fsp3) is 0.250. The Morgan fingerprint density at radius 3 is 2.74 bits per heavy atom. The Labute approximate surface area is 138 Å². The summed E-state index contributed by atoms with van der Waals surface area (Å²) in [7, 11) is 0. The van der Waals surface area contributed by atoms with E-state index in [1.54, 1.807) is 35.7 Å². The summed E-state index contributed by atoms with van der Waals surface area (Å²) in [5.74, 6) is -1.13. The van der Waals surface area contributed by atoms with Crippen molar-refractivity contribution in [1.82, 2.24) is 5.32 Å². The molecule has 0 saturated heterocycles. The highest BCUT2D eigenvalue weighted by Crippen LogP contribution is 2.23. The Hall–Kier alpha value is -2.38. The van der Waals surface area contributed by atoms with Crippen molar-refractivity contribution in [2.75, 3.05) is 18.5 Å². The predicted octanol–water partition coefficient (Wildman–Crippen LogP) is 1.94. The lowest BCUT2D eigenvalue weighted by atomic mass is 10.2. The minimum atomic E-state index is -0.839. The Morgan fingerprint density at radius 2 is 2.04 bits per heavy atom. The van der Waals surface area contributed by atoms with Gasteiger partial charge < -0.3 is 20.5 Å². The smallest absolute Gasteiger partial charge is 0.313 e. The summed E-state index contributed by atoms with van der Waals surface area (Å²) in [6, 6.07) is 8.63. The van der Waals surface area contributed by atoms with Crippen LogP contribution in [0.4, 0.5) is 5.69 Å². The van der Waals surface area contributed by atoms with Crippen LogP contribution in [0.1, 0.15) is 18.6 Å². The van der Waals surface area contributed by atoms with Crippen molar-refractivity contribution in [3.63, 3.8) is 0 Å². The maximum atomic E-state index is 11.9. The molecule has 0 radical (unpaired) electrons. The van der Waals surface area contributed by atoms with Gasteiger partial charge in [-0.3, -0.25) is 9.59 Å². The first kappa shape index (κ1) is 17.0. The molecule has 0 fully saturated rings. The topological polar surface area (TPSA) is 87.7 Å². The summed E-state index contributed by atoms with van der Waals surface area (Å²) >= 11 is 1.45. The molecule has 6 nitrogen and oxygen atoms in total. The number of carbonyl (C=O) groups excluding carboxylic acids is 2. The fourth-order valence-corrected chi connectivity index (χ4v) is 2.59. The molecule has 2 rings (SSSR count). The largest absolute Gasteiger partial charge is 0.492 e. The molecule has 3 N–H and O–H groups in total. The normalized spacial score (nSPS) is 11.6. The summed E-state index contributed by atoms with van der Waals surface area (Å²) in [5.41, 5.74) is 1.13. The van der Waals surface area contributed by atoms with Crippen LogP contribution in [0, 0.1) is 0 Å². The van der Waals surface area contributed by atoms with Gasteiger partial charge in [-0.2, -0.15) is 11.3 Å². The van der Waals surface area contributed by atoms with Gasteiger partial charge in [0.05, 0.1) is 18.4 Å². The molecule has 0 spiro atoms. The van der Waals surface area contributed by atoms with Crippen molar-refractivity contribution in [3.8, 4) is 5.75 Å². The number of rotatable bonds is 6. The number of hydrogen-bond donors (Lipinski definition) is 3. The van der Waals surface area contributed by atoms with Crippen LogP contribution in [0.5, 0.6) is 5.75 Å². The molecule has 0 aliphatic heterocycles. The number of hydrogen-bond acceptors (Lipinski definition) is 5. The number of thiophene rings is 1. The van der Waals surface area contributed by atoms with E-state index in [1.807, 2.05) is 12.3 Å². The molecule has 1 heterocycles. The minimum absolute atomic E-state index is 0.0317. The van der Waals surface area contributed by atoms with E-state index in [0.29, 0.717) is 23.6 Å². The van der Waals surface area contributed by atoms with Gasteiger partial charge in [0.25, 0.3) is 0 Å². The lowest BCUT2D eigenvalue weighted by Crippen LogP contribution is -2.37. The van der Waals surface area contributed by atoms with E-state index < -0.39 is 17.9 Å². The number of aliphatic hydroxyl groups excluding tert-OH is 1. The van der Waals surface area contributed by atoms with E-state index in [1.165, 1.54) is 11.3 Å². The number of carbonyl (C=O) groups is 2. The van der Waals surface area contributed by atoms with Crippen LogP contribution in [0.3, 0.4) is 0 Å². The third-order valence-corrected chi connectivity index (χ3v) is 3.73. The first-order chi connectivity index (χ1) is 11.1. The van der Waals surface area contributed by atoms with Crippen molar-refractivity contribution in [2.45, 2.75) is 13.0 Å². The SMILES string of the molecule is CCOc1ccccc1NC(=O)C(=O)NCC(O)c1ccsc1. The van der Waals surface area contributed by atoms with Crippen LogP contribution < -0.4 is 15.4 Å². The molecule has 1 aromatic carbocycles. The quantitative estimate of drug-likeness (QED) is 0.705. The number of anilines is 1. The van der Waals surface area contributed by atoms with Crippen LogP contribution in [0.2, 0.25) is 0 Å². The maximum absolute atomic E-state index is 11.9. The lowest BCUT2D eigenvalue weighted by Gasteiger charge is -2.12. The van der Waals surface area contributed by atoms with Gasteiger partial charge in [-0.25, -0.2) is 0 Å². The first-order valence-corrected chi connectivity index (χ1v) is 8.07. The van der Waals surface area contributed by atoms with Crippen molar-refractivity contribution >= 4 is 28.8 Å². The van der Waals surface area contributed by atoms with E-state index in [2.05, 4.69) is 10.6 Å². The zero-order chi connectivity index (χ0) is 16.7. The highest BCUT2D eigenvalue weighted by Gasteiger charge is 2.17. The van der Waals surface area contributed by atoms with Gasteiger partial charge in [-0.15, -0.1) is 0 Å². The van der Waals surface area contributed by atoms with E-state index in [4.69, 9.17) is 4.74 Å². The number of nitrogens with one attached hydrogen (secondary N) is 2. The van der Waals surface area contributed by atoms with Gasteiger partial charge in [-0.1, -0.05) is 12.1 Å². The molecule has 1 atom stereocenters. The van der Waals surface area contributed by atoms with Gasteiger partial charge in [0, 0.05) is 6.54 Å². The minimum Gasteiger partial charge on any atom is -0.492 e.